The fourth-order valence-electron chi connectivity index (χ4n) is 1.59. The van der Waals surface area contributed by atoms with Crippen LogP contribution in [0.25, 0.3) is 0 Å². The van der Waals surface area contributed by atoms with Crippen molar-refractivity contribution in [2.45, 2.75) is 32.4 Å². The molecule has 1 N–H and O–H groups in total. The van der Waals surface area contributed by atoms with Gasteiger partial charge < -0.3 is 14.8 Å². The molecule has 0 aliphatic rings. The lowest BCUT2D eigenvalue weighted by atomic mass is 10.2. The van der Waals surface area contributed by atoms with Gasteiger partial charge in [0.25, 0.3) is 0 Å². The smallest absolute Gasteiger partial charge is 0.310 e. The van der Waals surface area contributed by atoms with Crippen LogP contribution in [0, 0.1) is 0 Å². The Morgan fingerprint density at radius 1 is 1.39 bits per heavy atom. The van der Waals surface area contributed by atoms with E-state index in [1.807, 2.05) is 6.07 Å². The van der Waals surface area contributed by atoms with Gasteiger partial charge in [0.15, 0.2) is 0 Å². The number of rotatable bonds is 8. The maximum Gasteiger partial charge on any atom is 0.310 e. The van der Waals surface area contributed by atoms with Crippen LogP contribution in [0.4, 0.5) is 0 Å². The van der Waals surface area contributed by atoms with Gasteiger partial charge in [-0.05, 0) is 18.6 Å². The summed E-state index contributed by atoms with van der Waals surface area (Å²) in [6.07, 6.45) is 1.39. The van der Waals surface area contributed by atoms with Crippen LogP contribution in [0.5, 0.6) is 0 Å². The first-order valence-electron chi connectivity index (χ1n) is 6.06. The van der Waals surface area contributed by atoms with E-state index in [1.165, 1.54) is 12.0 Å². The predicted molar refractivity (Wildman–Crippen MR) is 72.8 cm³/mol. The van der Waals surface area contributed by atoms with E-state index in [-0.39, 0.29) is 5.97 Å². The number of carbonyl (C=O) groups is 1. The number of hydrogen-bond donors (Lipinski definition) is 1. The van der Waals surface area contributed by atoms with Gasteiger partial charge in [0, 0.05) is 29.5 Å². The van der Waals surface area contributed by atoms with Crippen molar-refractivity contribution >= 4 is 17.3 Å². The second-order valence-electron chi connectivity index (χ2n) is 4.06. The summed E-state index contributed by atoms with van der Waals surface area (Å²) >= 11 is 1.64. The molecule has 0 bridgehead atoms. The van der Waals surface area contributed by atoms with Gasteiger partial charge in [-0.2, -0.15) is 0 Å². The molecule has 1 rings (SSSR count). The second kappa shape index (κ2) is 8.24. The van der Waals surface area contributed by atoms with Crippen molar-refractivity contribution in [3.63, 3.8) is 0 Å². The number of hydrogen-bond acceptors (Lipinski definition) is 5. The number of thiophene rings is 1. The van der Waals surface area contributed by atoms with Crippen LogP contribution >= 0.6 is 11.3 Å². The van der Waals surface area contributed by atoms with Gasteiger partial charge in [-0.3, -0.25) is 4.79 Å². The highest BCUT2D eigenvalue weighted by atomic mass is 32.1. The molecule has 0 spiro atoms. The minimum atomic E-state index is -0.192. The zero-order chi connectivity index (χ0) is 13.4. The molecule has 0 radical (unpaired) electrons. The average molecular weight is 271 g/mol. The first-order valence-corrected chi connectivity index (χ1v) is 6.88. The van der Waals surface area contributed by atoms with Crippen LogP contribution in [0.3, 0.4) is 0 Å². The Hall–Kier alpha value is -0.910. The van der Waals surface area contributed by atoms with E-state index >= 15 is 0 Å². The predicted octanol–water partition coefficient (Wildman–Crippen LogP) is 1.98. The van der Waals surface area contributed by atoms with Gasteiger partial charge in [0.1, 0.15) is 0 Å². The topological polar surface area (TPSA) is 47.6 Å². The summed E-state index contributed by atoms with van der Waals surface area (Å²) in [6.45, 7) is 3.67. The van der Waals surface area contributed by atoms with Crippen LogP contribution < -0.4 is 5.32 Å². The summed E-state index contributed by atoms with van der Waals surface area (Å²) in [5.41, 5.74) is 0. The first-order chi connectivity index (χ1) is 8.69. The van der Waals surface area contributed by atoms with E-state index in [0.29, 0.717) is 12.5 Å². The highest BCUT2D eigenvalue weighted by Crippen LogP contribution is 2.17. The molecule has 1 aromatic heterocycles. The lowest BCUT2D eigenvalue weighted by Crippen LogP contribution is -2.31. The standard InChI is InChI=1S/C13H21NO3S/c1-4-10(9-16-2)14-8-12-6-5-11(18-12)7-13(15)17-3/h5-6,10,14H,4,7-9H2,1-3H3. The van der Waals surface area contributed by atoms with Crippen molar-refractivity contribution in [3.8, 4) is 0 Å². The molecule has 0 saturated heterocycles. The highest BCUT2D eigenvalue weighted by Gasteiger charge is 2.08. The van der Waals surface area contributed by atoms with E-state index in [4.69, 9.17) is 4.74 Å². The summed E-state index contributed by atoms with van der Waals surface area (Å²) in [7, 11) is 3.12. The van der Waals surface area contributed by atoms with Gasteiger partial charge in [-0.15, -0.1) is 11.3 Å². The monoisotopic (exact) mass is 271 g/mol. The normalized spacial score (nSPS) is 12.4. The number of nitrogens with one attached hydrogen (secondary N) is 1. The van der Waals surface area contributed by atoms with Gasteiger partial charge in [-0.1, -0.05) is 6.92 Å². The van der Waals surface area contributed by atoms with Gasteiger partial charge in [0.05, 0.1) is 20.1 Å². The number of methoxy groups -OCH3 is 2. The van der Waals surface area contributed by atoms with Crippen LogP contribution in [0.1, 0.15) is 23.1 Å². The average Bonchev–Trinajstić information content (AvgIpc) is 2.81. The Kier molecular flexibility index (Phi) is 6.93. The van der Waals surface area contributed by atoms with Gasteiger partial charge in [0.2, 0.25) is 0 Å². The van der Waals surface area contributed by atoms with Crippen molar-refractivity contribution in [2.75, 3.05) is 20.8 Å². The van der Waals surface area contributed by atoms with Crippen molar-refractivity contribution in [1.29, 1.82) is 0 Å². The molecule has 0 aliphatic heterocycles. The molecular formula is C13H21NO3S. The van der Waals surface area contributed by atoms with E-state index < -0.39 is 0 Å². The molecule has 5 heteroatoms. The molecule has 0 amide bonds. The summed E-state index contributed by atoms with van der Waals surface area (Å²) in [6, 6.07) is 4.41. The Bertz CT molecular complexity index is 365. The summed E-state index contributed by atoms with van der Waals surface area (Å²) in [5, 5.41) is 3.44. The Labute approximate surface area is 112 Å². The lowest BCUT2D eigenvalue weighted by Gasteiger charge is -2.14. The summed E-state index contributed by atoms with van der Waals surface area (Å²) < 4.78 is 9.78. The van der Waals surface area contributed by atoms with Crippen molar-refractivity contribution in [1.82, 2.24) is 5.32 Å². The Morgan fingerprint density at radius 2 is 2.11 bits per heavy atom. The van der Waals surface area contributed by atoms with Crippen LogP contribution in [-0.2, 0) is 27.2 Å². The maximum absolute atomic E-state index is 11.1. The summed E-state index contributed by atoms with van der Waals surface area (Å²) in [5.74, 6) is -0.192. The molecule has 1 aromatic rings. The molecule has 0 aromatic carbocycles. The molecule has 1 heterocycles. The van der Waals surface area contributed by atoms with Crippen LogP contribution in [0.2, 0.25) is 0 Å². The molecular weight excluding hydrogens is 250 g/mol. The minimum absolute atomic E-state index is 0.192. The zero-order valence-electron chi connectivity index (χ0n) is 11.2. The third-order valence-electron chi connectivity index (χ3n) is 2.69. The van der Waals surface area contributed by atoms with Crippen LogP contribution in [-0.4, -0.2) is 32.8 Å². The molecule has 1 atom stereocenters. The maximum atomic E-state index is 11.1. The molecule has 0 saturated carbocycles. The third kappa shape index (κ3) is 5.16. The number of ether oxygens (including phenoxy) is 2. The van der Waals surface area contributed by atoms with Crippen LogP contribution in [0.15, 0.2) is 12.1 Å². The fourth-order valence-corrected chi connectivity index (χ4v) is 2.55. The van der Waals surface area contributed by atoms with E-state index in [0.717, 1.165) is 24.4 Å². The number of esters is 1. The lowest BCUT2D eigenvalue weighted by molar-refractivity contribution is -0.139. The van der Waals surface area contributed by atoms with Crippen molar-refractivity contribution < 1.29 is 14.3 Å². The zero-order valence-corrected chi connectivity index (χ0v) is 12.0. The molecule has 1 unspecified atom stereocenters. The van der Waals surface area contributed by atoms with Gasteiger partial charge in [-0.25, -0.2) is 0 Å². The Morgan fingerprint density at radius 3 is 2.72 bits per heavy atom. The molecule has 4 nitrogen and oxygen atoms in total. The van der Waals surface area contributed by atoms with Crippen molar-refractivity contribution in [3.05, 3.63) is 21.9 Å². The molecule has 0 aliphatic carbocycles. The third-order valence-corrected chi connectivity index (χ3v) is 3.77. The van der Waals surface area contributed by atoms with Gasteiger partial charge >= 0.3 is 5.97 Å². The van der Waals surface area contributed by atoms with E-state index in [2.05, 4.69) is 23.0 Å². The van der Waals surface area contributed by atoms with E-state index in [9.17, 15) is 4.79 Å². The highest BCUT2D eigenvalue weighted by molar-refractivity contribution is 7.12. The first kappa shape index (κ1) is 15.1. The minimum Gasteiger partial charge on any atom is -0.469 e. The number of carbonyl (C=O) groups excluding carboxylic acids is 1. The molecule has 18 heavy (non-hydrogen) atoms. The van der Waals surface area contributed by atoms with Crippen molar-refractivity contribution in [2.24, 2.45) is 0 Å². The molecule has 102 valence electrons. The van der Waals surface area contributed by atoms with E-state index in [1.54, 1.807) is 18.4 Å². The summed E-state index contributed by atoms with van der Waals surface area (Å²) in [4.78, 5) is 13.4. The Balaban J connectivity index is 2.41. The largest absolute Gasteiger partial charge is 0.469 e. The molecule has 0 fully saturated rings. The quantitative estimate of drug-likeness (QED) is 0.734. The second-order valence-corrected chi connectivity index (χ2v) is 5.32. The fraction of sp³-hybridized carbons (Fsp3) is 0.615. The SMILES string of the molecule is CCC(COC)NCc1ccc(CC(=O)OC)s1.